The first-order valence-corrected chi connectivity index (χ1v) is 5.25. The van der Waals surface area contributed by atoms with Crippen molar-refractivity contribution in [3.63, 3.8) is 0 Å². The van der Waals surface area contributed by atoms with Gasteiger partial charge in [-0.05, 0) is 6.42 Å². The molecule has 1 aliphatic carbocycles. The predicted molar refractivity (Wildman–Crippen MR) is 51.7 cm³/mol. The van der Waals surface area contributed by atoms with Crippen LogP contribution < -0.4 is 0 Å². The van der Waals surface area contributed by atoms with Gasteiger partial charge >= 0.3 is 0 Å². The Kier molecular flexibility index (Phi) is 3.42. The molecule has 1 nitrogen and oxygen atoms in total. The van der Waals surface area contributed by atoms with E-state index in [4.69, 9.17) is 23.2 Å². The lowest BCUT2D eigenvalue weighted by atomic mass is 9.79. The summed E-state index contributed by atoms with van der Waals surface area (Å²) in [6, 6.07) is 0. The Morgan fingerprint density at radius 1 is 1.50 bits per heavy atom. The highest BCUT2D eigenvalue weighted by molar-refractivity contribution is 6.60. The molecule has 0 N–H and O–H groups in total. The fourth-order valence-corrected chi connectivity index (χ4v) is 2.04. The molecule has 0 spiro atoms. The maximum atomic E-state index is 10.9. The number of unbranched alkanes of at least 4 members (excludes halogenated alkanes) is 2. The molecule has 0 aromatic rings. The summed E-state index contributed by atoms with van der Waals surface area (Å²) in [6.07, 6.45) is 5.10. The molecule has 0 heterocycles. The number of halogens is 2. The molecule has 1 atom stereocenters. The van der Waals surface area contributed by atoms with E-state index in [0.29, 0.717) is 6.42 Å². The minimum atomic E-state index is -1.05. The van der Waals surface area contributed by atoms with Crippen molar-refractivity contribution in [3.8, 4) is 0 Å². The molecule has 1 rings (SSSR count). The second-order valence-electron chi connectivity index (χ2n) is 3.44. The van der Waals surface area contributed by atoms with Crippen molar-refractivity contribution in [2.24, 2.45) is 5.92 Å². The normalized spacial score (nSPS) is 26.9. The SMILES string of the molecule is CCCCCC1CC(=O)C1(Cl)Cl. The van der Waals surface area contributed by atoms with E-state index in [0.717, 1.165) is 12.8 Å². The number of rotatable bonds is 4. The second-order valence-corrected chi connectivity index (χ2v) is 4.83. The largest absolute Gasteiger partial charge is 0.296 e. The number of carbonyl (C=O) groups excluding carboxylic acids is 1. The quantitative estimate of drug-likeness (QED) is 0.512. The fraction of sp³-hybridized carbons (Fsp3) is 0.889. The fourth-order valence-electron chi connectivity index (χ4n) is 1.51. The van der Waals surface area contributed by atoms with Crippen molar-refractivity contribution in [1.29, 1.82) is 0 Å². The lowest BCUT2D eigenvalue weighted by Crippen LogP contribution is -2.47. The van der Waals surface area contributed by atoms with Gasteiger partial charge in [-0.2, -0.15) is 0 Å². The predicted octanol–water partition coefficient (Wildman–Crippen LogP) is 3.33. The van der Waals surface area contributed by atoms with Gasteiger partial charge in [0.1, 0.15) is 0 Å². The van der Waals surface area contributed by atoms with Gasteiger partial charge in [-0.15, -0.1) is 0 Å². The summed E-state index contributed by atoms with van der Waals surface area (Å²) in [4.78, 5) is 10.9. The van der Waals surface area contributed by atoms with E-state index in [1.807, 2.05) is 0 Å². The van der Waals surface area contributed by atoms with E-state index in [1.165, 1.54) is 12.8 Å². The molecule has 0 aromatic carbocycles. The Balaban J connectivity index is 2.23. The number of ketones is 1. The molecular formula is C9H14Cl2O. The van der Waals surface area contributed by atoms with Crippen LogP contribution in [0.2, 0.25) is 0 Å². The van der Waals surface area contributed by atoms with Crippen LogP contribution in [0.5, 0.6) is 0 Å². The molecule has 1 aliphatic rings. The summed E-state index contributed by atoms with van der Waals surface area (Å²) in [5.41, 5.74) is 0. The number of alkyl halides is 2. The minimum Gasteiger partial charge on any atom is -0.296 e. The zero-order chi connectivity index (χ0) is 9.19. The van der Waals surface area contributed by atoms with Crippen molar-refractivity contribution in [3.05, 3.63) is 0 Å². The molecule has 0 bridgehead atoms. The average molecular weight is 209 g/mol. The lowest BCUT2D eigenvalue weighted by Gasteiger charge is -2.37. The molecule has 12 heavy (non-hydrogen) atoms. The van der Waals surface area contributed by atoms with Crippen molar-refractivity contribution >= 4 is 29.0 Å². The Morgan fingerprint density at radius 3 is 2.58 bits per heavy atom. The first-order chi connectivity index (χ1) is 5.59. The van der Waals surface area contributed by atoms with Gasteiger partial charge in [-0.1, -0.05) is 49.4 Å². The van der Waals surface area contributed by atoms with Crippen LogP contribution in [-0.4, -0.2) is 10.1 Å². The average Bonchev–Trinajstić information content (AvgIpc) is 2.04. The van der Waals surface area contributed by atoms with Crippen molar-refractivity contribution in [2.75, 3.05) is 0 Å². The topological polar surface area (TPSA) is 17.1 Å². The Hall–Kier alpha value is 0.250. The number of Topliss-reactive ketones (excluding diaryl/α,β-unsaturated/α-hetero) is 1. The number of hydrogen-bond acceptors (Lipinski definition) is 1. The highest BCUT2D eigenvalue weighted by Gasteiger charge is 2.51. The first kappa shape index (κ1) is 10.3. The summed E-state index contributed by atoms with van der Waals surface area (Å²) in [5, 5.41) is 0. The molecule has 0 saturated heterocycles. The molecule has 1 fully saturated rings. The Morgan fingerprint density at radius 2 is 2.17 bits per heavy atom. The van der Waals surface area contributed by atoms with Gasteiger partial charge in [0.15, 0.2) is 10.1 Å². The van der Waals surface area contributed by atoms with Crippen LogP contribution in [-0.2, 0) is 4.79 Å². The monoisotopic (exact) mass is 208 g/mol. The van der Waals surface area contributed by atoms with Gasteiger partial charge in [0.2, 0.25) is 0 Å². The van der Waals surface area contributed by atoms with Crippen LogP contribution in [0.4, 0.5) is 0 Å². The Bertz CT molecular complexity index is 177. The lowest BCUT2D eigenvalue weighted by molar-refractivity contribution is -0.128. The van der Waals surface area contributed by atoms with Gasteiger partial charge in [0.05, 0.1) is 0 Å². The third-order valence-electron chi connectivity index (χ3n) is 2.47. The van der Waals surface area contributed by atoms with Gasteiger partial charge in [-0.25, -0.2) is 0 Å². The maximum Gasteiger partial charge on any atom is 0.179 e. The zero-order valence-corrected chi connectivity index (χ0v) is 8.79. The number of carbonyl (C=O) groups is 1. The van der Waals surface area contributed by atoms with E-state index < -0.39 is 4.33 Å². The molecule has 0 aromatic heterocycles. The smallest absolute Gasteiger partial charge is 0.179 e. The van der Waals surface area contributed by atoms with Crippen molar-refractivity contribution < 1.29 is 4.79 Å². The summed E-state index contributed by atoms with van der Waals surface area (Å²) in [7, 11) is 0. The second kappa shape index (κ2) is 3.97. The van der Waals surface area contributed by atoms with Crippen LogP contribution >= 0.6 is 23.2 Å². The van der Waals surface area contributed by atoms with Crippen molar-refractivity contribution in [2.45, 2.75) is 43.4 Å². The van der Waals surface area contributed by atoms with E-state index >= 15 is 0 Å². The number of hydrogen-bond donors (Lipinski definition) is 0. The van der Waals surface area contributed by atoms with Crippen LogP contribution in [0.3, 0.4) is 0 Å². The van der Waals surface area contributed by atoms with E-state index in [9.17, 15) is 4.79 Å². The van der Waals surface area contributed by atoms with Crippen LogP contribution in [0.1, 0.15) is 39.0 Å². The summed E-state index contributed by atoms with van der Waals surface area (Å²) in [5.74, 6) is 0.201. The molecule has 1 unspecified atom stereocenters. The van der Waals surface area contributed by atoms with Gasteiger partial charge in [0, 0.05) is 12.3 Å². The molecule has 1 saturated carbocycles. The standard InChI is InChI=1S/C9H14Cl2O/c1-2-3-4-5-7-6-8(12)9(7,10)11/h7H,2-6H2,1H3. The van der Waals surface area contributed by atoms with Crippen molar-refractivity contribution in [1.82, 2.24) is 0 Å². The van der Waals surface area contributed by atoms with E-state index in [1.54, 1.807) is 0 Å². The highest BCUT2D eigenvalue weighted by atomic mass is 35.5. The van der Waals surface area contributed by atoms with Gasteiger partial charge in [0.25, 0.3) is 0 Å². The summed E-state index contributed by atoms with van der Waals surface area (Å²) < 4.78 is -1.05. The molecule has 0 aliphatic heterocycles. The Labute approximate surface area is 83.4 Å². The van der Waals surface area contributed by atoms with Crippen LogP contribution in [0.15, 0.2) is 0 Å². The third-order valence-corrected chi connectivity index (χ3v) is 3.51. The zero-order valence-electron chi connectivity index (χ0n) is 7.28. The van der Waals surface area contributed by atoms with E-state index in [-0.39, 0.29) is 11.7 Å². The van der Waals surface area contributed by atoms with Gasteiger partial charge in [-0.3, -0.25) is 4.79 Å². The summed E-state index contributed by atoms with van der Waals surface area (Å²) in [6.45, 7) is 2.15. The highest BCUT2D eigenvalue weighted by Crippen LogP contribution is 2.46. The van der Waals surface area contributed by atoms with Gasteiger partial charge < -0.3 is 0 Å². The molecular weight excluding hydrogens is 195 g/mol. The minimum absolute atomic E-state index is 0.00710. The van der Waals surface area contributed by atoms with Crippen LogP contribution in [0.25, 0.3) is 0 Å². The third kappa shape index (κ3) is 1.94. The molecule has 0 amide bonds. The maximum absolute atomic E-state index is 10.9. The summed E-state index contributed by atoms with van der Waals surface area (Å²) >= 11 is 11.6. The first-order valence-electron chi connectivity index (χ1n) is 4.50. The molecule has 70 valence electrons. The molecule has 0 radical (unpaired) electrons. The molecule has 3 heteroatoms. The van der Waals surface area contributed by atoms with E-state index in [2.05, 4.69) is 6.92 Å². The van der Waals surface area contributed by atoms with Crippen LogP contribution in [0, 0.1) is 5.92 Å².